The van der Waals surface area contributed by atoms with Gasteiger partial charge >= 0.3 is 6.18 Å². The Balaban J connectivity index is 1.99. The Kier molecular flexibility index (Phi) is 7.01. The number of nitrogens with two attached hydrogens (primary N) is 2. The number of allylic oxidation sites excluding steroid dienone is 1. The molecule has 5 N–H and O–H groups in total. The molecule has 1 aliphatic heterocycles. The van der Waals surface area contributed by atoms with Crippen molar-refractivity contribution >= 4 is 17.3 Å². The van der Waals surface area contributed by atoms with Crippen LogP contribution >= 0.6 is 0 Å². The second kappa shape index (κ2) is 9.05. The van der Waals surface area contributed by atoms with Gasteiger partial charge in [0, 0.05) is 18.3 Å². The Morgan fingerprint density at radius 2 is 1.93 bits per heavy atom. The van der Waals surface area contributed by atoms with E-state index in [1.165, 1.54) is 6.08 Å². The minimum absolute atomic E-state index is 0.0136. The van der Waals surface area contributed by atoms with E-state index in [0.717, 1.165) is 5.56 Å². The minimum atomic E-state index is -4.14. The molecule has 2 rings (SSSR count). The number of nitrogens with zero attached hydrogens (tertiary/aromatic N) is 1. The molecule has 1 heterocycles. The van der Waals surface area contributed by atoms with Gasteiger partial charge in [0.1, 0.15) is 5.71 Å². The number of halogens is 3. The number of primary amides is 1. The Morgan fingerprint density at radius 3 is 2.39 bits per heavy atom. The van der Waals surface area contributed by atoms with Crippen molar-refractivity contribution in [2.75, 3.05) is 6.54 Å². The smallest absolute Gasteiger partial charge is 0.393 e. The molecule has 1 aliphatic rings. The number of rotatable bonds is 6. The number of carbonyl (C=O) groups is 1. The van der Waals surface area contributed by atoms with Gasteiger partial charge in [-0.15, -0.1) is 0 Å². The van der Waals surface area contributed by atoms with Gasteiger partial charge in [-0.05, 0) is 43.4 Å². The molecule has 0 aromatic heterocycles. The highest BCUT2D eigenvalue weighted by molar-refractivity contribution is 6.43. The lowest BCUT2D eigenvalue weighted by atomic mass is 9.91. The van der Waals surface area contributed by atoms with Gasteiger partial charge in [0.2, 0.25) is 0 Å². The van der Waals surface area contributed by atoms with Crippen molar-refractivity contribution in [1.82, 2.24) is 5.32 Å². The fraction of sp³-hybridized carbons (Fsp3) is 0.400. The third kappa shape index (κ3) is 6.23. The van der Waals surface area contributed by atoms with E-state index in [9.17, 15) is 18.0 Å². The number of hydrogen-bond donors (Lipinski definition) is 3. The third-order valence-corrected chi connectivity index (χ3v) is 4.62. The van der Waals surface area contributed by atoms with E-state index in [4.69, 9.17) is 11.5 Å². The molecule has 1 saturated heterocycles. The normalized spacial score (nSPS) is 21.4. The highest BCUT2D eigenvalue weighted by atomic mass is 19.4. The number of alkyl halides is 3. The first-order valence-corrected chi connectivity index (χ1v) is 8.97. The van der Waals surface area contributed by atoms with Crippen LogP contribution in [0, 0.1) is 5.92 Å². The van der Waals surface area contributed by atoms with Gasteiger partial charge in [-0.25, -0.2) is 4.99 Å². The van der Waals surface area contributed by atoms with E-state index in [0.29, 0.717) is 29.8 Å². The van der Waals surface area contributed by atoms with Crippen molar-refractivity contribution in [3.63, 3.8) is 0 Å². The zero-order valence-corrected chi connectivity index (χ0v) is 15.7. The van der Waals surface area contributed by atoms with Crippen molar-refractivity contribution < 1.29 is 18.0 Å². The van der Waals surface area contributed by atoms with Gasteiger partial charge in [0.25, 0.3) is 5.91 Å². The predicted octanol–water partition coefficient (Wildman–Crippen LogP) is 2.92. The largest absolute Gasteiger partial charge is 0.402 e. The maximum atomic E-state index is 12.7. The van der Waals surface area contributed by atoms with E-state index < -0.39 is 18.0 Å². The van der Waals surface area contributed by atoms with Gasteiger partial charge in [0.15, 0.2) is 0 Å². The molecule has 1 aromatic carbocycles. The lowest BCUT2D eigenvalue weighted by Gasteiger charge is -2.31. The molecular formula is C20H25F3N4O. The van der Waals surface area contributed by atoms with Crippen molar-refractivity contribution in [3.05, 3.63) is 53.7 Å². The Labute approximate surface area is 162 Å². The fourth-order valence-corrected chi connectivity index (χ4v) is 3.07. The average molecular weight is 394 g/mol. The van der Waals surface area contributed by atoms with Crippen molar-refractivity contribution in [1.29, 1.82) is 0 Å². The van der Waals surface area contributed by atoms with Crippen LogP contribution in [-0.4, -0.2) is 30.4 Å². The summed E-state index contributed by atoms with van der Waals surface area (Å²) in [5.74, 6) is -1.97. The van der Waals surface area contributed by atoms with Crippen molar-refractivity contribution in [2.45, 2.75) is 38.4 Å². The quantitative estimate of drug-likeness (QED) is 0.648. The second-order valence-electron chi connectivity index (χ2n) is 7.02. The summed E-state index contributed by atoms with van der Waals surface area (Å²) in [6.45, 7) is 5.42. The van der Waals surface area contributed by atoms with Crippen LogP contribution < -0.4 is 16.8 Å². The molecule has 152 valence electrons. The molecule has 0 spiro atoms. The molecule has 28 heavy (non-hydrogen) atoms. The maximum absolute atomic E-state index is 12.7. The lowest BCUT2D eigenvalue weighted by molar-refractivity contribution is -0.179. The highest BCUT2D eigenvalue weighted by Gasteiger charge is 2.41. The first kappa shape index (κ1) is 21.7. The Hall–Kier alpha value is -2.61. The molecule has 1 amide bonds. The second-order valence-corrected chi connectivity index (χ2v) is 7.02. The Morgan fingerprint density at radius 1 is 1.29 bits per heavy atom. The number of carbonyl (C=O) groups excluding carboxylic acids is 1. The highest BCUT2D eigenvalue weighted by Crippen LogP contribution is 2.32. The van der Waals surface area contributed by atoms with Gasteiger partial charge in [0.05, 0.1) is 11.6 Å². The molecule has 2 atom stereocenters. The summed E-state index contributed by atoms with van der Waals surface area (Å²) in [7, 11) is 0. The zero-order chi connectivity index (χ0) is 20.9. The molecular weight excluding hydrogens is 369 g/mol. The molecule has 1 fully saturated rings. The van der Waals surface area contributed by atoms with Crippen LogP contribution in [0.3, 0.4) is 0 Å². The van der Waals surface area contributed by atoms with E-state index in [1.54, 1.807) is 19.1 Å². The number of hydrogen-bond acceptors (Lipinski definition) is 4. The standard InChI is InChI=1S/C20H25F3N4O/c1-12(24)9-18(19(25)28)27-13(2)15-5-3-14(4-6-15)10-17-8-7-16(11-26-17)20(21,22)23/h3-6,9,16-17,26H,2,7-8,10-11,24H2,1H3,(H2,25,28)/b12-9+,27-18+. The van der Waals surface area contributed by atoms with Gasteiger partial charge in [-0.1, -0.05) is 30.8 Å². The van der Waals surface area contributed by atoms with E-state index in [2.05, 4.69) is 16.9 Å². The lowest BCUT2D eigenvalue weighted by Crippen LogP contribution is -2.45. The summed E-state index contributed by atoms with van der Waals surface area (Å²) in [6, 6.07) is 7.38. The van der Waals surface area contributed by atoms with Crippen LogP contribution in [0.1, 0.15) is 30.9 Å². The number of piperidine rings is 1. The molecule has 2 unspecified atom stereocenters. The Bertz CT molecular complexity index is 770. The van der Waals surface area contributed by atoms with Crippen LogP contribution in [0.5, 0.6) is 0 Å². The number of nitrogens with one attached hydrogen (secondary N) is 1. The molecule has 0 radical (unpaired) electrons. The first-order valence-electron chi connectivity index (χ1n) is 8.97. The maximum Gasteiger partial charge on any atom is 0.393 e. The number of aliphatic imine (C=N–C) groups is 1. The summed E-state index contributed by atoms with van der Waals surface area (Å²) in [4.78, 5) is 15.6. The summed E-state index contributed by atoms with van der Waals surface area (Å²) in [5, 5.41) is 2.99. The predicted molar refractivity (Wildman–Crippen MR) is 104 cm³/mol. The van der Waals surface area contributed by atoms with Gasteiger partial charge in [-0.3, -0.25) is 4.79 Å². The number of amides is 1. The summed E-state index contributed by atoms with van der Waals surface area (Å²) < 4.78 is 38.2. The van der Waals surface area contributed by atoms with E-state index >= 15 is 0 Å². The van der Waals surface area contributed by atoms with Crippen LogP contribution in [0.2, 0.25) is 0 Å². The molecule has 1 aromatic rings. The van der Waals surface area contributed by atoms with Crippen molar-refractivity contribution in [2.24, 2.45) is 22.4 Å². The van der Waals surface area contributed by atoms with Crippen molar-refractivity contribution in [3.8, 4) is 0 Å². The van der Waals surface area contributed by atoms with E-state index in [1.807, 2.05) is 12.1 Å². The minimum Gasteiger partial charge on any atom is -0.402 e. The molecule has 5 nitrogen and oxygen atoms in total. The van der Waals surface area contributed by atoms with E-state index in [-0.39, 0.29) is 24.7 Å². The summed E-state index contributed by atoms with van der Waals surface area (Å²) in [6.07, 6.45) is -1.49. The number of benzene rings is 1. The molecule has 0 bridgehead atoms. The SMILES string of the molecule is C=C(/N=C(\C=C(/C)N)C(N)=O)c1ccc(CC2CCC(C(F)(F)F)CN2)cc1. The van der Waals surface area contributed by atoms with Crippen LogP contribution in [0.15, 0.2) is 47.6 Å². The topological polar surface area (TPSA) is 93.5 Å². The monoisotopic (exact) mass is 394 g/mol. The summed E-state index contributed by atoms with van der Waals surface area (Å²) >= 11 is 0. The summed E-state index contributed by atoms with van der Waals surface area (Å²) in [5.41, 5.74) is 13.3. The fourth-order valence-electron chi connectivity index (χ4n) is 3.07. The average Bonchev–Trinajstić information content (AvgIpc) is 2.61. The van der Waals surface area contributed by atoms with Crippen LogP contribution in [-0.2, 0) is 11.2 Å². The molecule has 0 saturated carbocycles. The zero-order valence-electron chi connectivity index (χ0n) is 15.7. The first-order chi connectivity index (χ1) is 13.1. The third-order valence-electron chi connectivity index (χ3n) is 4.62. The molecule has 8 heteroatoms. The van der Waals surface area contributed by atoms with Crippen LogP contribution in [0.25, 0.3) is 5.70 Å². The molecule has 0 aliphatic carbocycles. The van der Waals surface area contributed by atoms with Crippen LogP contribution in [0.4, 0.5) is 13.2 Å². The van der Waals surface area contributed by atoms with Gasteiger partial charge in [-0.2, -0.15) is 13.2 Å². The van der Waals surface area contributed by atoms with Gasteiger partial charge < -0.3 is 16.8 Å².